The fourth-order valence-electron chi connectivity index (χ4n) is 3.47. The summed E-state index contributed by atoms with van der Waals surface area (Å²) in [5.41, 5.74) is 7.05. The van der Waals surface area contributed by atoms with Crippen LogP contribution >= 0.6 is 11.6 Å². The zero-order chi connectivity index (χ0) is 19.1. The molecule has 2 heterocycles. The number of halogens is 1. The normalized spacial score (nSPS) is 13.9. The number of amides is 1. The number of unbranched alkanes of at least 4 members (excludes halogenated alkanes) is 3. The third-order valence-electron chi connectivity index (χ3n) is 4.96. The predicted octanol–water partition coefficient (Wildman–Crippen LogP) is 4.17. The van der Waals surface area contributed by atoms with Crippen molar-refractivity contribution in [3.05, 3.63) is 29.0 Å². The molecule has 1 aliphatic rings. The summed E-state index contributed by atoms with van der Waals surface area (Å²) in [6, 6.07) is 5.54. The molecule has 0 unspecified atom stereocenters. The Hall–Kier alpha value is -1.92. The van der Waals surface area contributed by atoms with Crippen molar-refractivity contribution in [2.45, 2.75) is 64.3 Å². The van der Waals surface area contributed by atoms with E-state index < -0.39 is 0 Å². The van der Waals surface area contributed by atoms with Gasteiger partial charge < -0.3 is 15.6 Å². The Balaban J connectivity index is 1.68. The monoisotopic (exact) mass is 389 g/mol. The highest BCUT2D eigenvalue weighted by Gasteiger charge is 2.18. The number of hydrogen-bond acceptors (Lipinski definition) is 4. The maximum atomic E-state index is 12.2. The standard InChI is InChI=1S/C20H28ClN5O/c21-17-11-10-15(23-19(27)9-5-1-2-6-12-22)14-16(17)20-25-24-18-8-4-3-7-13-26(18)20/h10-11,14H,1-9,12-13,22H2,(H,23,27). The number of benzene rings is 1. The second-order valence-corrected chi connectivity index (χ2v) is 7.51. The first kappa shape index (κ1) is 19.8. The minimum atomic E-state index is 0.0242. The highest BCUT2D eigenvalue weighted by Crippen LogP contribution is 2.31. The minimum absolute atomic E-state index is 0.0242. The van der Waals surface area contributed by atoms with Crippen LogP contribution in [0.1, 0.15) is 57.2 Å². The van der Waals surface area contributed by atoms with Crippen LogP contribution < -0.4 is 11.1 Å². The number of nitrogens with two attached hydrogens (primary N) is 1. The van der Waals surface area contributed by atoms with Crippen LogP contribution in [0.3, 0.4) is 0 Å². The molecule has 0 saturated heterocycles. The quantitative estimate of drug-likeness (QED) is 0.663. The summed E-state index contributed by atoms with van der Waals surface area (Å²) in [5, 5.41) is 12.3. The Kier molecular flexibility index (Phi) is 7.24. The molecule has 2 aromatic rings. The van der Waals surface area contributed by atoms with Crippen LogP contribution in [0.15, 0.2) is 18.2 Å². The fourth-order valence-corrected chi connectivity index (χ4v) is 3.67. The van der Waals surface area contributed by atoms with Gasteiger partial charge >= 0.3 is 0 Å². The topological polar surface area (TPSA) is 85.8 Å². The van der Waals surface area contributed by atoms with E-state index in [1.807, 2.05) is 18.2 Å². The summed E-state index contributed by atoms with van der Waals surface area (Å²) in [5.74, 6) is 1.83. The van der Waals surface area contributed by atoms with E-state index in [1.165, 1.54) is 6.42 Å². The first-order valence-corrected chi connectivity index (χ1v) is 10.3. The molecule has 0 bridgehead atoms. The van der Waals surface area contributed by atoms with E-state index in [0.717, 1.165) is 74.4 Å². The third-order valence-corrected chi connectivity index (χ3v) is 5.29. The fraction of sp³-hybridized carbons (Fsp3) is 0.550. The molecule has 146 valence electrons. The van der Waals surface area contributed by atoms with Crippen LogP contribution in [-0.2, 0) is 17.8 Å². The zero-order valence-corrected chi connectivity index (χ0v) is 16.5. The minimum Gasteiger partial charge on any atom is -0.330 e. The highest BCUT2D eigenvalue weighted by atomic mass is 35.5. The smallest absolute Gasteiger partial charge is 0.224 e. The number of carbonyl (C=O) groups is 1. The lowest BCUT2D eigenvalue weighted by Gasteiger charge is -2.11. The summed E-state index contributed by atoms with van der Waals surface area (Å²) < 4.78 is 2.16. The number of aromatic nitrogens is 3. The predicted molar refractivity (Wildman–Crippen MR) is 109 cm³/mol. The van der Waals surface area contributed by atoms with Crippen molar-refractivity contribution < 1.29 is 4.79 Å². The number of nitrogens with zero attached hydrogens (tertiary/aromatic N) is 3. The van der Waals surface area contributed by atoms with Gasteiger partial charge in [-0.3, -0.25) is 4.79 Å². The first-order chi connectivity index (χ1) is 13.2. The van der Waals surface area contributed by atoms with Gasteiger partial charge in [0.1, 0.15) is 5.82 Å². The molecular weight excluding hydrogens is 362 g/mol. The maximum Gasteiger partial charge on any atom is 0.224 e. The Bertz CT molecular complexity index is 774. The summed E-state index contributed by atoms with van der Waals surface area (Å²) in [6.45, 7) is 1.62. The van der Waals surface area contributed by atoms with Gasteiger partial charge in [-0.2, -0.15) is 0 Å². The highest BCUT2D eigenvalue weighted by molar-refractivity contribution is 6.33. The molecule has 0 fully saturated rings. The average Bonchev–Trinajstić information content (AvgIpc) is 2.91. The Morgan fingerprint density at radius 3 is 2.85 bits per heavy atom. The summed E-state index contributed by atoms with van der Waals surface area (Å²) in [4.78, 5) is 12.2. The number of rotatable bonds is 8. The van der Waals surface area contributed by atoms with Crippen molar-refractivity contribution in [3.63, 3.8) is 0 Å². The molecule has 1 aliphatic heterocycles. The van der Waals surface area contributed by atoms with E-state index in [9.17, 15) is 4.79 Å². The number of fused-ring (bicyclic) bond motifs is 1. The van der Waals surface area contributed by atoms with Crippen molar-refractivity contribution in [1.82, 2.24) is 14.8 Å². The average molecular weight is 390 g/mol. The van der Waals surface area contributed by atoms with Crippen molar-refractivity contribution in [2.75, 3.05) is 11.9 Å². The molecule has 3 N–H and O–H groups in total. The van der Waals surface area contributed by atoms with Crippen LogP contribution in [-0.4, -0.2) is 27.2 Å². The van der Waals surface area contributed by atoms with Gasteiger partial charge in [0.2, 0.25) is 5.91 Å². The van der Waals surface area contributed by atoms with Gasteiger partial charge in [-0.1, -0.05) is 30.9 Å². The van der Waals surface area contributed by atoms with E-state index in [2.05, 4.69) is 20.1 Å². The second-order valence-electron chi connectivity index (χ2n) is 7.10. The van der Waals surface area contributed by atoms with Crippen LogP contribution in [0, 0.1) is 0 Å². The van der Waals surface area contributed by atoms with Gasteiger partial charge in [-0.25, -0.2) is 0 Å². The number of aryl methyl sites for hydroxylation is 1. The van der Waals surface area contributed by atoms with E-state index in [-0.39, 0.29) is 5.91 Å². The lowest BCUT2D eigenvalue weighted by Crippen LogP contribution is -2.11. The number of carbonyl (C=O) groups excluding carboxylic acids is 1. The van der Waals surface area contributed by atoms with Crippen LogP contribution in [0.4, 0.5) is 5.69 Å². The van der Waals surface area contributed by atoms with E-state index >= 15 is 0 Å². The molecule has 27 heavy (non-hydrogen) atoms. The van der Waals surface area contributed by atoms with Crippen molar-refractivity contribution >= 4 is 23.2 Å². The molecule has 1 aromatic heterocycles. The molecule has 0 spiro atoms. The molecule has 3 rings (SSSR count). The van der Waals surface area contributed by atoms with Crippen molar-refractivity contribution in [1.29, 1.82) is 0 Å². The SMILES string of the molecule is NCCCCCCC(=O)Nc1ccc(Cl)c(-c2nnc3n2CCCCC3)c1. The van der Waals surface area contributed by atoms with Gasteiger partial charge in [0.05, 0.1) is 5.02 Å². The van der Waals surface area contributed by atoms with E-state index in [1.54, 1.807) is 0 Å². The Morgan fingerprint density at radius 2 is 2.00 bits per heavy atom. The molecule has 0 atom stereocenters. The summed E-state index contributed by atoms with van der Waals surface area (Å²) in [6.07, 6.45) is 8.94. The Labute approximate surface area is 165 Å². The van der Waals surface area contributed by atoms with Gasteiger partial charge in [0.25, 0.3) is 0 Å². The van der Waals surface area contributed by atoms with Crippen LogP contribution in [0.2, 0.25) is 5.02 Å². The Morgan fingerprint density at radius 1 is 1.15 bits per heavy atom. The largest absolute Gasteiger partial charge is 0.330 e. The van der Waals surface area contributed by atoms with E-state index in [4.69, 9.17) is 17.3 Å². The molecular formula is C20H28ClN5O. The van der Waals surface area contributed by atoms with Gasteiger partial charge in [0.15, 0.2) is 5.82 Å². The van der Waals surface area contributed by atoms with Crippen LogP contribution in [0.25, 0.3) is 11.4 Å². The van der Waals surface area contributed by atoms with Crippen molar-refractivity contribution in [3.8, 4) is 11.4 Å². The summed E-state index contributed by atoms with van der Waals surface area (Å²) in [7, 11) is 0. The number of hydrogen-bond donors (Lipinski definition) is 2. The molecule has 1 aromatic carbocycles. The first-order valence-electron chi connectivity index (χ1n) is 9.91. The maximum absolute atomic E-state index is 12.2. The molecule has 7 heteroatoms. The van der Waals surface area contributed by atoms with Gasteiger partial charge in [-0.15, -0.1) is 10.2 Å². The summed E-state index contributed by atoms with van der Waals surface area (Å²) >= 11 is 6.44. The van der Waals surface area contributed by atoms with E-state index in [0.29, 0.717) is 18.0 Å². The molecule has 6 nitrogen and oxygen atoms in total. The molecule has 0 radical (unpaired) electrons. The van der Waals surface area contributed by atoms with Crippen molar-refractivity contribution in [2.24, 2.45) is 5.73 Å². The zero-order valence-electron chi connectivity index (χ0n) is 15.7. The van der Waals surface area contributed by atoms with Crippen LogP contribution in [0.5, 0.6) is 0 Å². The molecule has 0 saturated carbocycles. The molecule has 1 amide bonds. The van der Waals surface area contributed by atoms with Gasteiger partial charge in [0, 0.05) is 30.6 Å². The molecule has 0 aliphatic carbocycles. The number of anilines is 1. The number of nitrogens with one attached hydrogen (secondary N) is 1. The third kappa shape index (κ3) is 5.30. The lowest BCUT2D eigenvalue weighted by molar-refractivity contribution is -0.116. The lowest BCUT2D eigenvalue weighted by atomic mass is 10.1. The second kappa shape index (κ2) is 9.85. The van der Waals surface area contributed by atoms with Gasteiger partial charge in [-0.05, 0) is 50.4 Å².